The van der Waals surface area contributed by atoms with E-state index in [1.807, 2.05) is 114 Å². The lowest BCUT2D eigenvalue weighted by atomic mass is 10.2. The molecule has 0 radical (unpaired) electrons. The van der Waals surface area contributed by atoms with Gasteiger partial charge in [-0.05, 0) is 61.0 Å². The van der Waals surface area contributed by atoms with E-state index in [4.69, 9.17) is 11.6 Å². The van der Waals surface area contributed by atoms with Crippen molar-refractivity contribution in [1.82, 2.24) is 34.9 Å². The SMILES string of the molecule is C.Cc1c(Cl)cccc1Nc1nc(-c2ccccn2)cs1.Oc1cccc(Nc2nc(-c3ccccc3)cs2)c1.c1ccc(-c2csc(Nc3cnccn3)n2)nc1. The fourth-order valence-electron chi connectivity index (χ4n) is 5.04. The molecule has 9 rings (SSSR count). The number of halogens is 1. The fraction of sp³-hybridized carbons (Fsp3) is 0.0465. The molecule has 0 fully saturated rings. The Balaban J connectivity index is 0.000000146. The van der Waals surface area contributed by atoms with Gasteiger partial charge in [-0.1, -0.05) is 73.6 Å². The van der Waals surface area contributed by atoms with E-state index in [1.165, 1.54) is 11.3 Å². The number of nitrogens with one attached hydrogen (secondary N) is 3. The first-order valence-corrected chi connectivity index (χ1v) is 20.3. The van der Waals surface area contributed by atoms with E-state index < -0.39 is 0 Å². The molecule has 0 amide bonds. The third-order valence-electron chi connectivity index (χ3n) is 7.84. The molecule has 0 aliphatic carbocycles. The summed E-state index contributed by atoms with van der Waals surface area (Å²) in [4.78, 5) is 30.2. The molecule has 0 spiro atoms. The topological polar surface area (TPSA) is 147 Å². The molecule has 0 bridgehead atoms. The number of hydrogen-bond donors (Lipinski definition) is 4. The first kappa shape index (κ1) is 41.1. The van der Waals surface area contributed by atoms with Crippen LogP contribution < -0.4 is 16.0 Å². The van der Waals surface area contributed by atoms with E-state index in [9.17, 15) is 5.11 Å². The van der Waals surface area contributed by atoms with Crippen molar-refractivity contribution >= 4 is 78.2 Å². The highest BCUT2D eigenvalue weighted by Crippen LogP contribution is 2.31. The van der Waals surface area contributed by atoms with Crippen LogP contribution in [-0.4, -0.2) is 40.0 Å². The average molecular weight is 841 g/mol. The molecule has 6 heterocycles. The monoisotopic (exact) mass is 840 g/mol. The molecule has 11 nitrogen and oxygen atoms in total. The Labute approximate surface area is 353 Å². The lowest BCUT2D eigenvalue weighted by Gasteiger charge is -2.07. The number of nitrogens with zero attached hydrogens (tertiary/aromatic N) is 7. The molecule has 0 aliphatic rings. The van der Waals surface area contributed by atoms with E-state index >= 15 is 0 Å². The van der Waals surface area contributed by atoms with Gasteiger partial charge < -0.3 is 21.1 Å². The number of phenolic OH excluding ortho intramolecular Hbond substituents is 1. The smallest absolute Gasteiger partial charge is 0.188 e. The molecule has 4 N–H and O–H groups in total. The summed E-state index contributed by atoms with van der Waals surface area (Å²) in [6, 6.07) is 34.4. The van der Waals surface area contributed by atoms with Gasteiger partial charge in [-0.15, -0.1) is 34.0 Å². The normalized spacial score (nSPS) is 10.2. The summed E-state index contributed by atoms with van der Waals surface area (Å²) in [5, 5.41) is 28.1. The van der Waals surface area contributed by atoms with Crippen LogP contribution in [0.3, 0.4) is 0 Å². The van der Waals surface area contributed by atoms with Crippen LogP contribution in [0.1, 0.15) is 13.0 Å². The van der Waals surface area contributed by atoms with Crippen molar-refractivity contribution in [3.63, 3.8) is 0 Å². The van der Waals surface area contributed by atoms with E-state index in [-0.39, 0.29) is 13.2 Å². The molecule has 0 unspecified atom stereocenters. The van der Waals surface area contributed by atoms with Crippen LogP contribution in [0.15, 0.2) is 156 Å². The largest absolute Gasteiger partial charge is 0.508 e. The third kappa shape index (κ3) is 11.5. The fourth-order valence-corrected chi connectivity index (χ4v) is 7.38. The molecular formula is C43H37ClN10OS3. The van der Waals surface area contributed by atoms with Gasteiger partial charge in [-0.25, -0.2) is 19.9 Å². The van der Waals surface area contributed by atoms with Gasteiger partial charge in [0.2, 0.25) is 0 Å². The maximum absolute atomic E-state index is 9.42. The summed E-state index contributed by atoms with van der Waals surface area (Å²) in [5.41, 5.74) is 8.33. The van der Waals surface area contributed by atoms with Gasteiger partial charge in [0.05, 0.1) is 23.3 Å². The Morgan fingerprint density at radius 2 is 1.16 bits per heavy atom. The van der Waals surface area contributed by atoms with Crippen LogP contribution in [0.4, 0.5) is 32.6 Å². The zero-order valence-electron chi connectivity index (χ0n) is 30.2. The minimum atomic E-state index is 0. The highest BCUT2D eigenvalue weighted by atomic mass is 35.5. The minimum Gasteiger partial charge on any atom is -0.508 e. The van der Waals surface area contributed by atoms with Crippen molar-refractivity contribution in [2.24, 2.45) is 0 Å². The van der Waals surface area contributed by atoms with Gasteiger partial charge in [0, 0.05) is 69.0 Å². The number of pyridine rings is 2. The number of thiazole rings is 3. The van der Waals surface area contributed by atoms with E-state index in [1.54, 1.807) is 71.9 Å². The number of rotatable bonds is 9. The molecular weight excluding hydrogens is 804 g/mol. The Hall–Kier alpha value is -6.58. The van der Waals surface area contributed by atoms with E-state index in [2.05, 4.69) is 50.8 Å². The van der Waals surface area contributed by atoms with E-state index in [0.717, 1.165) is 71.4 Å². The second kappa shape index (κ2) is 20.5. The van der Waals surface area contributed by atoms with Crippen LogP contribution in [0, 0.1) is 6.92 Å². The van der Waals surface area contributed by atoms with Gasteiger partial charge in [-0.3, -0.25) is 15.0 Å². The van der Waals surface area contributed by atoms with Crippen LogP contribution >= 0.6 is 45.6 Å². The zero-order chi connectivity index (χ0) is 39.2. The van der Waals surface area contributed by atoms with Crippen molar-refractivity contribution in [3.8, 4) is 39.8 Å². The van der Waals surface area contributed by atoms with Gasteiger partial charge in [0.15, 0.2) is 21.2 Å². The summed E-state index contributed by atoms with van der Waals surface area (Å²) >= 11 is 10.7. The van der Waals surface area contributed by atoms with E-state index in [0.29, 0.717) is 5.82 Å². The number of aromatic hydroxyl groups is 1. The van der Waals surface area contributed by atoms with Gasteiger partial charge >= 0.3 is 0 Å². The van der Waals surface area contributed by atoms with Gasteiger partial charge in [0.1, 0.15) is 17.1 Å². The van der Waals surface area contributed by atoms with Crippen LogP contribution in [0.2, 0.25) is 5.02 Å². The quantitative estimate of drug-likeness (QED) is 0.110. The molecule has 6 aromatic heterocycles. The van der Waals surface area contributed by atoms with Crippen molar-refractivity contribution in [2.75, 3.05) is 16.0 Å². The lowest BCUT2D eigenvalue weighted by Crippen LogP contribution is -1.93. The summed E-state index contributed by atoms with van der Waals surface area (Å²) in [6.45, 7) is 1.98. The van der Waals surface area contributed by atoms with Crippen LogP contribution in [0.25, 0.3) is 34.0 Å². The predicted molar refractivity (Wildman–Crippen MR) is 241 cm³/mol. The zero-order valence-corrected chi connectivity index (χ0v) is 33.4. The molecule has 9 aromatic rings. The molecule has 15 heteroatoms. The van der Waals surface area contributed by atoms with Crippen LogP contribution in [-0.2, 0) is 0 Å². The van der Waals surface area contributed by atoms with Crippen molar-refractivity contribution < 1.29 is 5.11 Å². The predicted octanol–water partition coefficient (Wildman–Crippen LogP) is 12.5. The number of benzene rings is 3. The van der Waals surface area contributed by atoms with Crippen molar-refractivity contribution in [1.29, 1.82) is 0 Å². The molecule has 290 valence electrons. The first-order chi connectivity index (χ1) is 28.0. The van der Waals surface area contributed by atoms with Gasteiger partial charge in [-0.2, -0.15) is 0 Å². The average Bonchev–Trinajstić information content (AvgIpc) is 4.04. The van der Waals surface area contributed by atoms with Gasteiger partial charge in [0.25, 0.3) is 0 Å². The van der Waals surface area contributed by atoms with Crippen molar-refractivity contribution in [2.45, 2.75) is 14.4 Å². The Morgan fingerprint density at radius 3 is 1.78 bits per heavy atom. The highest BCUT2D eigenvalue weighted by Gasteiger charge is 2.09. The molecule has 3 aromatic carbocycles. The number of anilines is 6. The number of hydrogen-bond acceptors (Lipinski definition) is 14. The summed E-state index contributed by atoms with van der Waals surface area (Å²) in [5.74, 6) is 0.921. The highest BCUT2D eigenvalue weighted by molar-refractivity contribution is 7.14. The molecule has 0 atom stereocenters. The number of phenols is 1. The second-order valence-corrected chi connectivity index (χ2v) is 14.8. The molecule has 0 aliphatic heterocycles. The Bertz CT molecular complexity index is 2610. The maximum atomic E-state index is 9.42. The summed E-state index contributed by atoms with van der Waals surface area (Å²) in [6.07, 6.45) is 8.44. The summed E-state index contributed by atoms with van der Waals surface area (Å²) in [7, 11) is 0. The maximum Gasteiger partial charge on any atom is 0.188 e. The Morgan fingerprint density at radius 1 is 0.552 bits per heavy atom. The standard InChI is InChI=1S/C15H12ClN3S.C15H12N2OS.C12H9N5S.CH4/c1-10-11(16)5-4-7-12(10)18-15-19-14(9-20-15)13-6-2-3-8-17-13;18-13-8-4-7-12(9-13)16-15-17-14(10-19-15)11-5-2-1-3-6-11;1-2-4-14-9(3-1)10-8-18-12(16-10)17-11-7-13-5-6-15-11;/h2-9H,1H3,(H,18,19);1-10,18H,(H,16,17);1-8H,(H,15,16,17);1H4. The second-order valence-electron chi connectivity index (χ2n) is 11.8. The summed E-state index contributed by atoms with van der Waals surface area (Å²) < 4.78 is 0. The molecule has 58 heavy (non-hydrogen) atoms. The number of aromatic nitrogens is 7. The molecule has 0 saturated heterocycles. The Kier molecular flexibility index (Phi) is 14.5. The van der Waals surface area contributed by atoms with Crippen LogP contribution in [0.5, 0.6) is 5.75 Å². The minimum absolute atomic E-state index is 0. The third-order valence-corrected chi connectivity index (χ3v) is 10.5. The lowest BCUT2D eigenvalue weighted by molar-refractivity contribution is 0.475. The molecule has 0 saturated carbocycles. The van der Waals surface area contributed by atoms with Crippen molar-refractivity contribution in [3.05, 3.63) is 167 Å². The first-order valence-electron chi connectivity index (χ1n) is 17.3.